The van der Waals surface area contributed by atoms with Crippen molar-refractivity contribution in [3.05, 3.63) is 70.0 Å². The molecule has 1 unspecified atom stereocenters. The molecule has 0 saturated heterocycles. The van der Waals surface area contributed by atoms with E-state index >= 15 is 0 Å². The third kappa shape index (κ3) is 7.84. The van der Waals surface area contributed by atoms with Gasteiger partial charge in [-0.25, -0.2) is 9.82 Å². The summed E-state index contributed by atoms with van der Waals surface area (Å²) in [5.74, 6) is 10.6. The monoisotopic (exact) mass is 640 g/mol. The molecule has 2 amide bonds. The Bertz CT molecular complexity index is 1450. The van der Waals surface area contributed by atoms with Gasteiger partial charge in [-0.15, -0.1) is 0 Å². The summed E-state index contributed by atoms with van der Waals surface area (Å²) in [7, 11) is 0. The molecular weight excluding hydrogens is 593 g/mol. The average Bonchev–Trinajstić information content (AvgIpc) is 3.25. The summed E-state index contributed by atoms with van der Waals surface area (Å²) in [5, 5.41) is 5.12. The van der Waals surface area contributed by atoms with E-state index in [0.717, 1.165) is 37.7 Å². The van der Waals surface area contributed by atoms with Crippen LogP contribution < -0.4 is 27.5 Å². The molecule has 0 bridgehead atoms. The number of carbonyl (C=O) groups is 2. The highest BCUT2D eigenvalue weighted by molar-refractivity contribution is 6.47. The number of halogens is 2. The van der Waals surface area contributed by atoms with Crippen LogP contribution in [0.1, 0.15) is 108 Å². The largest absolute Gasteiger partial charge is 0.340 e. The topological polar surface area (TPSA) is 140 Å². The molecule has 0 aromatic heterocycles. The van der Waals surface area contributed by atoms with Gasteiger partial charge in [0, 0.05) is 11.1 Å². The number of benzene rings is 2. The molecule has 2 aromatic carbocycles. The van der Waals surface area contributed by atoms with Crippen molar-refractivity contribution in [2.45, 2.75) is 91.8 Å². The number of amidine groups is 1. The van der Waals surface area contributed by atoms with Crippen molar-refractivity contribution >= 4 is 35.0 Å². The van der Waals surface area contributed by atoms with Crippen molar-refractivity contribution in [3.63, 3.8) is 0 Å². The van der Waals surface area contributed by atoms with E-state index < -0.39 is 11.5 Å². The van der Waals surface area contributed by atoms with Crippen molar-refractivity contribution in [2.75, 3.05) is 6.54 Å². The lowest BCUT2D eigenvalue weighted by Crippen LogP contribution is -2.84. The molecule has 1 aliphatic carbocycles. The molecule has 9 nitrogen and oxygen atoms in total. The number of rotatable bonds is 8. The number of amides is 2. The molecule has 1 heterocycles. The first-order chi connectivity index (χ1) is 21.1. The second-order valence-corrected chi connectivity index (χ2v) is 15.0. The third-order valence-corrected chi connectivity index (χ3v) is 9.49. The SMILES string of the molecule is CC(C)(C)CCC(c1ccc(C(=O)NC/C(NN)=[NH+]/N)cc1)N1C(=O)C(c2ccc(F)c(Cl)c2)=NC12CCC(C(C)(C)C)CC2. The average molecular weight is 641 g/mol. The molecule has 11 heteroatoms. The van der Waals surface area contributed by atoms with Crippen molar-refractivity contribution in [1.82, 2.24) is 15.6 Å². The van der Waals surface area contributed by atoms with Crippen LogP contribution in [0.5, 0.6) is 0 Å². The van der Waals surface area contributed by atoms with E-state index in [2.05, 4.69) is 57.4 Å². The van der Waals surface area contributed by atoms with E-state index in [0.29, 0.717) is 35.0 Å². The Morgan fingerprint density at radius 3 is 2.31 bits per heavy atom. The maximum absolute atomic E-state index is 14.5. The number of nitrogens with one attached hydrogen (secondary N) is 3. The van der Waals surface area contributed by atoms with Gasteiger partial charge < -0.3 is 10.2 Å². The standard InChI is InChI=1S/C34H47ClFN7O2/c1-32(2,3)16-15-27(21-7-9-22(10-8-21)30(44)39-20-28(41-37)42-38)43-31(45)29(23-11-12-26(36)25(35)19-23)40-34(43)17-13-24(14-18-34)33(4,5)6/h7-12,19,24,27H,13-18,20,37-38H2,1-6H3,(H,39,44)(H,41,42)/p+1. The Morgan fingerprint density at radius 1 is 1.13 bits per heavy atom. The van der Waals surface area contributed by atoms with Gasteiger partial charge in [0.25, 0.3) is 11.8 Å². The Morgan fingerprint density at radius 2 is 1.78 bits per heavy atom. The van der Waals surface area contributed by atoms with Gasteiger partial charge in [-0.1, -0.05) is 65.3 Å². The molecule has 1 atom stereocenters. The van der Waals surface area contributed by atoms with Crippen molar-refractivity contribution in [2.24, 2.45) is 33.4 Å². The summed E-state index contributed by atoms with van der Waals surface area (Å²) in [4.78, 5) is 34.6. The van der Waals surface area contributed by atoms with Gasteiger partial charge in [-0.05, 0) is 91.2 Å². The van der Waals surface area contributed by atoms with Gasteiger partial charge in [-0.2, -0.15) is 10.9 Å². The van der Waals surface area contributed by atoms with E-state index in [1.54, 1.807) is 18.2 Å². The van der Waals surface area contributed by atoms with E-state index in [4.69, 9.17) is 28.3 Å². The van der Waals surface area contributed by atoms with Crippen LogP contribution >= 0.6 is 11.6 Å². The predicted molar refractivity (Wildman–Crippen MR) is 177 cm³/mol. The number of hydrazone groups is 1. The zero-order valence-electron chi connectivity index (χ0n) is 27.3. The van der Waals surface area contributed by atoms with Gasteiger partial charge in [0.05, 0.1) is 11.1 Å². The zero-order chi connectivity index (χ0) is 33.2. The molecule has 45 heavy (non-hydrogen) atoms. The van der Waals surface area contributed by atoms with E-state index in [-0.39, 0.29) is 40.3 Å². The highest BCUT2D eigenvalue weighted by Gasteiger charge is 2.52. The minimum atomic E-state index is -0.732. The second-order valence-electron chi connectivity index (χ2n) is 14.6. The van der Waals surface area contributed by atoms with Crippen LogP contribution in [-0.2, 0) is 4.79 Å². The summed E-state index contributed by atoms with van der Waals surface area (Å²) in [6.45, 7) is 13.5. The molecule has 1 fully saturated rings. The fourth-order valence-electron chi connectivity index (χ4n) is 6.46. The lowest BCUT2D eigenvalue weighted by Gasteiger charge is -2.47. The van der Waals surface area contributed by atoms with Crippen LogP contribution in [-0.4, -0.2) is 40.5 Å². The van der Waals surface area contributed by atoms with E-state index in [9.17, 15) is 14.0 Å². The highest BCUT2D eigenvalue weighted by Crippen LogP contribution is 2.50. The van der Waals surface area contributed by atoms with Crippen molar-refractivity contribution in [3.8, 4) is 0 Å². The number of hydrazine groups is 2. The number of carbonyl (C=O) groups excluding carboxylic acids is 2. The van der Waals surface area contributed by atoms with Gasteiger partial charge in [0.1, 0.15) is 23.7 Å². The number of nitrogens with zero attached hydrogens (tertiary/aromatic N) is 2. The molecule has 4 rings (SSSR count). The summed E-state index contributed by atoms with van der Waals surface area (Å²) >= 11 is 6.17. The summed E-state index contributed by atoms with van der Waals surface area (Å²) in [6, 6.07) is 11.4. The molecule has 1 aliphatic heterocycles. The highest BCUT2D eigenvalue weighted by atomic mass is 35.5. The van der Waals surface area contributed by atoms with Gasteiger partial charge >= 0.3 is 5.84 Å². The van der Waals surface area contributed by atoms with Crippen LogP contribution in [0, 0.1) is 22.6 Å². The first-order valence-corrected chi connectivity index (χ1v) is 16.0. The van der Waals surface area contributed by atoms with Crippen molar-refractivity contribution in [1.29, 1.82) is 0 Å². The molecule has 1 saturated carbocycles. The number of aliphatic imine (C=N–C) groups is 1. The molecule has 0 radical (unpaired) electrons. The third-order valence-electron chi connectivity index (χ3n) is 9.21. The first-order valence-electron chi connectivity index (χ1n) is 15.6. The fourth-order valence-corrected chi connectivity index (χ4v) is 6.64. The smallest absolute Gasteiger partial charge is 0.302 e. The molecule has 2 aromatic rings. The van der Waals surface area contributed by atoms with Crippen LogP contribution in [0.15, 0.2) is 47.5 Å². The van der Waals surface area contributed by atoms with E-state index in [1.807, 2.05) is 17.0 Å². The van der Waals surface area contributed by atoms with Crippen LogP contribution in [0.3, 0.4) is 0 Å². The van der Waals surface area contributed by atoms with Gasteiger partial charge in [-0.3, -0.25) is 20.4 Å². The van der Waals surface area contributed by atoms with Gasteiger partial charge in [0.2, 0.25) is 0 Å². The maximum atomic E-state index is 14.5. The molecule has 244 valence electrons. The Hall–Kier alpha value is -3.50. The lowest BCUT2D eigenvalue weighted by atomic mass is 9.69. The van der Waals surface area contributed by atoms with Crippen molar-refractivity contribution < 1.29 is 19.1 Å². The summed E-state index contributed by atoms with van der Waals surface area (Å²) in [6.07, 6.45) is 4.91. The lowest BCUT2D eigenvalue weighted by molar-refractivity contribution is -0.472. The Labute approximate surface area is 271 Å². The minimum absolute atomic E-state index is 0.0222. The zero-order valence-corrected chi connectivity index (χ0v) is 28.0. The van der Waals surface area contributed by atoms with Gasteiger partial charge in [0.15, 0.2) is 0 Å². The second kappa shape index (κ2) is 13.5. The Kier molecular flexibility index (Phi) is 10.3. The maximum Gasteiger partial charge on any atom is 0.302 e. The van der Waals surface area contributed by atoms with Crippen LogP contribution in [0.25, 0.3) is 0 Å². The number of nitrogens with two attached hydrogens (primary N) is 2. The summed E-state index contributed by atoms with van der Waals surface area (Å²) < 4.78 is 14.1. The quantitative estimate of drug-likeness (QED) is 0.128. The molecule has 7 N–H and O–H groups in total. The van der Waals surface area contributed by atoms with E-state index in [1.165, 1.54) is 12.1 Å². The van der Waals surface area contributed by atoms with Crippen LogP contribution in [0.2, 0.25) is 5.02 Å². The minimum Gasteiger partial charge on any atom is -0.340 e. The van der Waals surface area contributed by atoms with Crippen LogP contribution in [0.4, 0.5) is 4.39 Å². The molecular formula is C34H48ClFN7O2+. The number of hydrogen-bond donors (Lipinski definition) is 5. The predicted octanol–water partition coefficient (Wildman–Crippen LogP) is 4.16. The molecule has 1 spiro atoms. The first kappa shape index (κ1) is 34.4. The summed E-state index contributed by atoms with van der Waals surface area (Å²) in [5.41, 5.74) is 4.06. The number of hydrogen-bond acceptors (Lipinski definition) is 5. The normalized spacial score (nSPS) is 21.6. The fraction of sp³-hybridized carbons (Fsp3) is 0.529. The Balaban J connectivity index is 1.74. The molecule has 2 aliphatic rings.